The van der Waals surface area contributed by atoms with Gasteiger partial charge in [0.05, 0.1) is 5.52 Å². The van der Waals surface area contributed by atoms with Gasteiger partial charge in [-0.1, -0.05) is 25.5 Å². The number of fused-ring (bicyclic) bond motifs is 1. The Morgan fingerprint density at radius 1 is 1.38 bits per heavy atom. The first-order valence-corrected chi connectivity index (χ1v) is 5.56. The number of hydrogen-bond acceptors (Lipinski definition) is 1. The largest absolute Gasteiger partial charge is 0.464 e. The van der Waals surface area contributed by atoms with E-state index in [1.54, 1.807) is 6.20 Å². The number of unbranched alkanes of at least 4 members (excludes halogenated alkanes) is 1. The molecule has 0 unspecified atom stereocenters. The van der Waals surface area contributed by atoms with Crippen molar-refractivity contribution < 1.29 is 9.90 Å². The summed E-state index contributed by atoms with van der Waals surface area (Å²) in [6.45, 7) is 2.16. The van der Waals surface area contributed by atoms with Gasteiger partial charge in [-0.25, -0.2) is 4.79 Å². The van der Waals surface area contributed by atoms with E-state index in [1.165, 1.54) is 10.1 Å². The zero-order valence-corrected chi connectivity index (χ0v) is 9.31. The van der Waals surface area contributed by atoms with Crippen molar-refractivity contribution in [3.8, 4) is 0 Å². The van der Waals surface area contributed by atoms with E-state index in [0.29, 0.717) is 0 Å². The minimum Gasteiger partial charge on any atom is -0.464 e. The first kappa shape index (κ1) is 10.7. The number of benzene rings is 1. The van der Waals surface area contributed by atoms with Crippen molar-refractivity contribution in [2.24, 2.45) is 0 Å². The molecule has 0 atom stereocenters. The molecule has 3 nitrogen and oxygen atoms in total. The summed E-state index contributed by atoms with van der Waals surface area (Å²) in [7, 11) is 0. The van der Waals surface area contributed by atoms with Crippen LogP contribution in [0.5, 0.6) is 0 Å². The second-order valence-electron chi connectivity index (χ2n) is 3.92. The van der Waals surface area contributed by atoms with Gasteiger partial charge in [0.1, 0.15) is 0 Å². The summed E-state index contributed by atoms with van der Waals surface area (Å²) < 4.78 is 1.27. The van der Waals surface area contributed by atoms with Crippen LogP contribution in [0, 0.1) is 0 Å². The molecule has 0 bridgehead atoms. The molecule has 0 saturated carbocycles. The standard InChI is InChI=1S/C13H15NO2/c1-2-3-5-10-6-4-7-12-11(10)8-9-14(12)13(15)16/h4,6-9H,2-3,5H2,1H3,(H,15,16). The van der Waals surface area contributed by atoms with Crippen molar-refractivity contribution in [2.75, 3.05) is 0 Å². The highest BCUT2D eigenvalue weighted by atomic mass is 16.4. The van der Waals surface area contributed by atoms with Crippen LogP contribution in [0.15, 0.2) is 30.5 Å². The van der Waals surface area contributed by atoms with Crippen molar-refractivity contribution in [3.63, 3.8) is 0 Å². The van der Waals surface area contributed by atoms with Crippen LogP contribution in [0.2, 0.25) is 0 Å². The molecule has 1 N–H and O–H groups in total. The predicted octanol–water partition coefficient (Wildman–Crippen LogP) is 3.51. The molecular weight excluding hydrogens is 202 g/mol. The number of carbonyl (C=O) groups is 1. The lowest BCUT2D eigenvalue weighted by Crippen LogP contribution is -2.05. The number of nitrogens with zero attached hydrogens (tertiary/aromatic N) is 1. The fourth-order valence-electron chi connectivity index (χ4n) is 1.98. The van der Waals surface area contributed by atoms with Crippen molar-refractivity contribution in [1.82, 2.24) is 4.57 Å². The van der Waals surface area contributed by atoms with E-state index >= 15 is 0 Å². The number of carboxylic acid groups (broad SMARTS) is 1. The van der Waals surface area contributed by atoms with E-state index in [0.717, 1.165) is 30.2 Å². The molecule has 1 heterocycles. The van der Waals surface area contributed by atoms with Crippen molar-refractivity contribution in [3.05, 3.63) is 36.0 Å². The van der Waals surface area contributed by atoms with Crippen LogP contribution >= 0.6 is 0 Å². The van der Waals surface area contributed by atoms with E-state index in [2.05, 4.69) is 13.0 Å². The molecule has 0 amide bonds. The highest BCUT2D eigenvalue weighted by Gasteiger charge is 2.08. The molecule has 0 aliphatic carbocycles. The lowest BCUT2D eigenvalue weighted by Gasteiger charge is -2.03. The van der Waals surface area contributed by atoms with Crippen LogP contribution in [-0.4, -0.2) is 15.8 Å². The minimum atomic E-state index is -0.928. The Balaban J connectivity index is 2.49. The van der Waals surface area contributed by atoms with Gasteiger partial charge in [0.15, 0.2) is 0 Å². The highest BCUT2D eigenvalue weighted by molar-refractivity contribution is 5.90. The summed E-state index contributed by atoms with van der Waals surface area (Å²) in [4.78, 5) is 11.0. The summed E-state index contributed by atoms with van der Waals surface area (Å²) >= 11 is 0. The molecule has 84 valence electrons. The van der Waals surface area contributed by atoms with Crippen molar-refractivity contribution >= 4 is 17.0 Å². The van der Waals surface area contributed by atoms with Gasteiger partial charge in [0.2, 0.25) is 0 Å². The third kappa shape index (κ3) is 1.81. The lowest BCUT2D eigenvalue weighted by molar-refractivity contribution is 0.197. The molecule has 0 spiro atoms. The average Bonchev–Trinajstić information content (AvgIpc) is 2.70. The number of aromatic nitrogens is 1. The van der Waals surface area contributed by atoms with E-state index in [9.17, 15) is 4.79 Å². The summed E-state index contributed by atoms with van der Waals surface area (Å²) in [6, 6.07) is 7.73. The summed E-state index contributed by atoms with van der Waals surface area (Å²) in [6.07, 6.45) is 3.98. The lowest BCUT2D eigenvalue weighted by atomic mass is 10.0. The quantitative estimate of drug-likeness (QED) is 0.854. The van der Waals surface area contributed by atoms with Crippen LogP contribution in [0.3, 0.4) is 0 Å². The first-order chi connectivity index (χ1) is 7.74. The monoisotopic (exact) mass is 217 g/mol. The van der Waals surface area contributed by atoms with Gasteiger partial charge >= 0.3 is 6.09 Å². The zero-order valence-electron chi connectivity index (χ0n) is 9.31. The molecular formula is C13H15NO2. The maximum atomic E-state index is 11.0. The van der Waals surface area contributed by atoms with Crippen molar-refractivity contribution in [2.45, 2.75) is 26.2 Å². The molecule has 0 radical (unpaired) electrons. The van der Waals surface area contributed by atoms with Crippen molar-refractivity contribution in [1.29, 1.82) is 0 Å². The second-order valence-corrected chi connectivity index (χ2v) is 3.92. The summed E-state index contributed by atoms with van der Waals surface area (Å²) in [5.74, 6) is 0. The Morgan fingerprint density at radius 2 is 2.19 bits per heavy atom. The van der Waals surface area contributed by atoms with Gasteiger partial charge in [-0.15, -0.1) is 0 Å². The third-order valence-electron chi connectivity index (χ3n) is 2.83. The van der Waals surface area contributed by atoms with Crippen LogP contribution in [-0.2, 0) is 6.42 Å². The first-order valence-electron chi connectivity index (χ1n) is 5.56. The molecule has 0 aliphatic heterocycles. The number of rotatable bonds is 3. The fraction of sp³-hybridized carbons (Fsp3) is 0.308. The van der Waals surface area contributed by atoms with Gasteiger partial charge in [0.25, 0.3) is 0 Å². The van der Waals surface area contributed by atoms with E-state index in [1.807, 2.05) is 18.2 Å². The molecule has 0 saturated heterocycles. The van der Waals surface area contributed by atoms with E-state index < -0.39 is 6.09 Å². The number of hydrogen-bond donors (Lipinski definition) is 1. The molecule has 1 aromatic carbocycles. The molecule has 1 aromatic heterocycles. The predicted molar refractivity (Wildman–Crippen MR) is 64.0 cm³/mol. The van der Waals surface area contributed by atoms with E-state index in [4.69, 9.17) is 5.11 Å². The Hall–Kier alpha value is -1.77. The molecule has 2 aromatic rings. The van der Waals surface area contributed by atoms with Gasteiger partial charge in [-0.05, 0) is 30.5 Å². The Labute approximate surface area is 94.3 Å². The fourth-order valence-corrected chi connectivity index (χ4v) is 1.98. The Bertz CT molecular complexity index is 514. The van der Waals surface area contributed by atoms with Crippen LogP contribution in [0.25, 0.3) is 10.9 Å². The van der Waals surface area contributed by atoms with Gasteiger partial charge in [-0.2, -0.15) is 0 Å². The van der Waals surface area contributed by atoms with Gasteiger partial charge < -0.3 is 5.11 Å². The topological polar surface area (TPSA) is 42.2 Å². The molecule has 0 fully saturated rings. The average molecular weight is 217 g/mol. The molecule has 0 aliphatic rings. The highest BCUT2D eigenvalue weighted by Crippen LogP contribution is 2.21. The zero-order chi connectivity index (χ0) is 11.5. The normalized spacial score (nSPS) is 10.8. The third-order valence-corrected chi connectivity index (χ3v) is 2.83. The van der Waals surface area contributed by atoms with Crippen LogP contribution in [0.4, 0.5) is 4.79 Å². The van der Waals surface area contributed by atoms with E-state index in [-0.39, 0.29) is 0 Å². The minimum absolute atomic E-state index is 0.779. The van der Waals surface area contributed by atoms with Crippen LogP contribution < -0.4 is 0 Å². The molecule has 16 heavy (non-hydrogen) atoms. The summed E-state index contributed by atoms with van der Waals surface area (Å²) in [5, 5.41) is 10.1. The van der Waals surface area contributed by atoms with Crippen LogP contribution in [0.1, 0.15) is 25.3 Å². The SMILES string of the molecule is CCCCc1cccc2c1ccn2C(=O)O. The molecule has 3 heteroatoms. The Kier molecular flexibility index (Phi) is 2.95. The maximum Gasteiger partial charge on any atom is 0.415 e. The Morgan fingerprint density at radius 3 is 2.88 bits per heavy atom. The number of aryl methyl sites for hydroxylation is 1. The summed E-state index contributed by atoms with van der Waals surface area (Å²) in [5.41, 5.74) is 2.01. The smallest absolute Gasteiger partial charge is 0.415 e. The van der Waals surface area contributed by atoms with Gasteiger partial charge in [-0.3, -0.25) is 4.57 Å². The van der Waals surface area contributed by atoms with Gasteiger partial charge in [0, 0.05) is 11.6 Å². The second kappa shape index (κ2) is 4.39. The maximum absolute atomic E-state index is 11.0. The molecule has 2 rings (SSSR count).